The Balaban J connectivity index is 2.21. The van der Waals surface area contributed by atoms with Crippen LogP contribution in [0.1, 0.15) is 42.7 Å². The highest BCUT2D eigenvalue weighted by atomic mass is 35.5. The molecule has 0 N–H and O–H groups in total. The molecule has 2 rings (SSSR count). The fourth-order valence-electron chi connectivity index (χ4n) is 2.83. The molecule has 0 aliphatic heterocycles. The van der Waals surface area contributed by atoms with Crippen molar-refractivity contribution in [1.82, 2.24) is 9.21 Å². The summed E-state index contributed by atoms with van der Waals surface area (Å²) in [6, 6.07) is 13.3. The molecule has 0 unspecified atom stereocenters. The van der Waals surface area contributed by atoms with E-state index in [4.69, 9.17) is 11.6 Å². The van der Waals surface area contributed by atoms with E-state index in [2.05, 4.69) is 0 Å². The number of halogens is 1. The van der Waals surface area contributed by atoms with Gasteiger partial charge in [0.05, 0.1) is 10.9 Å². The highest BCUT2D eigenvalue weighted by Crippen LogP contribution is 2.23. The van der Waals surface area contributed by atoms with Gasteiger partial charge in [-0.25, -0.2) is 8.42 Å². The van der Waals surface area contributed by atoms with Gasteiger partial charge < -0.3 is 4.90 Å². The molecule has 0 aliphatic carbocycles. The number of sulfonamides is 1. The summed E-state index contributed by atoms with van der Waals surface area (Å²) in [6.45, 7) is 6.33. The van der Waals surface area contributed by atoms with Crippen LogP contribution >= 0.6 is 11.6 Å². The van der Waals surface area contributed by atoms with Gasteiger partial charge in [0, 0.05) is 30.7 Å². The van der Waals surface area contributed by atoms with Gasteiger partial charge in [-0.05, 0) is 48.9 Å². The topological polar surface area (TPSA) is 57.7 Å². The number of amides is 1. The highest BCUT2D eigenvalue weighted by molar-refractivity contribution is 7.89. The second-order valence-corrected chi connectivity index (χ2v) is 8.63. The molecule has 0 bridgehead atoms. The zero-order chi connectivity index (χ0) is 20.2. The Morgan fingerprint density at radius 1 is 1.00 bits per heavy atom. The van der Waals surface area contributed by atoms with Gasteiger partial charge in [-0.2, -0.15) is 4.31 Å². The third-order valence-corrected chi connectivity index (χ3v) is 7.01. The van der Waals surface area contributed by atoms with Crippen molar-refractivity contribution in [3.63, 3.8) is 0 Å². The normalized spacial score (nSPS) is 12.8. The van der Waals surface area contributed by atoms with Gasteiger partial charge in [0.15, 0.2) is 0 Å². The van der Waals surface area contributed by atoms with Crippen molar-refractivity contribution in [2.24, 2.45) is 0 Å². The lowest BCUT2D eigenvalue weighted by Gasteiger charge is -2.25. The minimum atomic E-state index is -3.53. The molecule has 1 amide bonds. The molecule has 0 saturated carbocycles. The van der Waals surface area contributed by atoms with E-state index in [9.17, 15) is 13.2 Å². The first-order valence-electron chi connectivity index (χ1n) is 8.85. The maximum absolute atomic E-state index is 12.8. The van der Waals surface area contributed by atoms with Crippen molar-refractivity contribution in [3.8, 4) is 0 Å². The lowest BCUT2D eigenvalue weighted by Crippen LogP contribution is -2.31. The van der Waals surface area contributed by atoms with E-state index in [1.165, 1.54) is 16.4 Å². The number of carbonyl (C=O) groups excluding carboxylic acids is 1. The summed E-state index contributed by atoms with van der Waals surface area (Å²) >= 11 is 5.92. The van der Waals surface area contributed by atoms with E-state index in [1.54, 1.807) is 50.1 Å². The standard InChI is InChI=1S/C20H25ClN2O3S/c1-5-23(6-2)27(25,26)19-13-9-17(10-14-19)20(24)22(4)15(3)16-7-11-18(21)12-8-16/h7-15H,5-6H2,1-4H3/t15-/m1/s1. The molecule has 27 heavy (non-hydrogen) atoms. The number of hydrogen-bond acceptors (Lipinski definition) is 3. The van der Waals surface area contributed by atoms with Crippen LogP contribution < -0.4 is 0 Å². The van der Waals surface area contributed by atoms with Crippen molar-refractivity contribution in [2.75, 3.05) is 20.1 Å². The molecule has 0 spiro atoms. The highest BCUT2D eigenvalue weighted by Gasteiger charge is 2.23. The zero-order valence-electron chi connectivity index (χ0n) is 16.0. The smallest absolute Gasteiger partial charge is 0.254 e. The second-order valence-electron chi connectivity index (χ2n) is 6.26. The Hall–Kier alpha value is -1.89. The van der Waals surface area contributed by atoms with E-state index >= 15 is 0 Å². The first-order chi connectivity index (χ1) is 12.7. The molecule has 0 fully saturated rings. The molecule has 2 aromatic carbocycles. The van der Waals surface area contributed by atoms with Gasteiger partial charge in [-0.1, -0.05) is 37.6 Å². The number of carbonyl (C=O) groups is 1. The van der Waals surface area contributed by atoms with Crippen molar-refractivity contribution in [1.29, 1.82) is 0 Å². The summed E-state index contributed by atoms with van der Waals surface area (Å²) in [5.74, 6) is -0.177. The number of benzene rings is 2. The fourth-order valence-corrected chi connectivity index (χ4v) is 4.41. The summed E-state index contributed by atoms with van der Waals surface area (Å²) in [6.07, 6.45) is 0. The van der Waals surface area contributed by atoms with Crippen LogP contribution in [0.15, 0.2) is 53.4 Å². The quantitative estimate of drug-likeness (QED) is 0.689. The Kier molecular flexibility index (Phi) is 7.03. The summed E-state index contributed by atoms with van der Waals surface area (Å²) in [4.78, 5) is 14.6. The Morgan fingerprint density at radius 3 is 2.00 bits per heavy atom. The van der Waals surface area contributed by atoms with Crippen molar-refractivity contribution in [3.05, 3.63) is 64.7 Å². The average molecular weight is 409 g/mol. The summed E-state index contributed by atoms with van der Waals surface area (Å²) < 4.78 is 26.5. The maximum atomic E-state index is 12.8. The maximum Gasteiger partial charge on any atom is 0.254 e. The van der Waals surface area contributed by atoms with E-state index in [1.807, 2.05) is 19.1 Å². The van der Waals surface area contributed by atoms with Gasteiger partial charge in [0.2, 0.25) is 10.0 Å². The molecular formula is C20H25ClN2O3S. The van der Waals surface area contributed by atoms with Crippen LogP contribution in [-0.4, -0.2) is 43.7 Å². The van der Waals surface area contributed by atoms with Gasteiger partial charge in [0.1, 0.15) is 0 Å². The van der Waals surface area contributed by atoms with Crippen LogP contribution in [0.5, 0.6) is 0 Å². The lowest BCUT2D eigenvalue weighted by molar-refractivity contribution is 0.0742. The third-order valence-electron chi connectivity index (χ3n) is 4.70. The van der Waals surface area contributed by atoms with Crippen LogP contribution in [0.4, 0.5) is 0 Å². The van der Waals surface area contributed by atoms with Crippen molar-refractivity contribution in [2.45, 2.75) is 31.7 Å². The molecule has 2 aromatic rings. The van der Waals surface area contributed by atoms with E-state index < -0.39 is 10.0 Å². The molecule has 7 heteroatoms. The predicted molar refractivity (Wildman–Crippen MR) is 109 cm³/mol. The van der Waals surface area contributed by atoms with Crippen LogP contribution in [0.25, 0.3) is 0 Å². The Bertz CT molecular complexity index is 876. The average Bonchev–Trinajstić information content (AvgIpc) is 2.67. The number of nitrogens with zero attached hydrogens (tertiary/aromatic N) is 2. The summed E-state index contributed by atoms with van der Waals surface area (Å²) in [7, 11) is -1.81. The molecule has 5 nitrogen and oxygen atoms in total. The molecule has 0 saturated heterocycles. The van der Waals surface area contributed by atoms with Gasteiger partial charge in [-0.15, -0.1) is 0 Å². The molecule has 0 radical (unpaired) electrons. The summed E-state index contributed by atoms with van der Waals surface area (Å²) in [5.41, 5.74) is 1.41. The fraction of sp³-hybridized carbons (Fsp3) is 0.350. The second kappa shape index (κ2) is 8.87. The third kappa shape index (κ3) is 4.69. The van der Waals surface area contributed by atoms with Crippen molar-refractivity contribution >= 4 is 27.5 Å². The Morgan fingerprint density at radius 2 is 1.52 bits per heavy atom. The number of hydrogen-bond donors (Lipinski definition) is 0. The SMILES string of the molecule is CCN(CC)S(=O)(=O)c1ccc(C(=O)N(C)[C@H](C)c2ccc(Cl)cc2)cc1. The van der Waals surface area contributed by atoms with E-state index in [-0.39, 0.29) is 16.8 Å². The van der Waals surface area contributed by atoms with Gasteiger partial charge in [-0.3, -0.25) is 4.79 Å². The minimum absolute atomic E-state index is 0.145. The van der Waals surface area contributed by atoms with Crippen LogP contribution in [0.3, 0.4) is 0 Å². The van der Waals surface area contributed by atoms with Gasteiger partial charge in [0.25, 0.3) is 5.91 Å². The molecule has 1 atom stereocenters. The van der Waals surface area contributed by atoms with E-state index in [0.29, 0.717) is 23.7 Å². The monoisotopic (exact) mass is 408 g/mol. The minimum Gasteiger partial charge on any atom is -0.335 e. The lowest BCUT2D eigenvalue weighted by atomic mass is 10.1. The predicted octanol–water partition coefficient (Wildman–Crippen LogP) is 4.20. The van der Waals surface area contributed by atoms with E-state index in [0.717, 1.165) is 5.56 Å². The first kappa shape index (κ1) is 21.4. The van der Waals surface area contributed by atoms with Crippen LogP contribution in [-0.2, 0) is 10.0 Å². The molecule has 146 valence electrons. The van der Waals surface area contributed by atoms with Crippen LogP contribution in [0, 0.1) is 0 Å². The molecule has 0 heterocycles. The van der Waals surface area contributed by atoms with Crippen molar-refractivity contribution < 1.29 is 13.2 Å². The molecule has 0 aromatic heterocycles. The zero-order valence-corrected chi connectivity index (χ0v) is 17.6. The largest absolute Gasteiger partial charge is 0.335 e. The first-order valence-corrected chi connectivity index (χ1v) is 10.7. The summed E-state index contributed by atoms with van der Waals surface area (Å²) in [5, 5.41) is 0.643. The Labute approximate surface area is 166 Å². The van der Waals surface area contributed by atoms with Gasteiger partial charge >= 0.3 is 0 Å². The molecule has 0 aliphatic rings. The molecular weight excluding hydrogens is 384 g/mol. The number of rotatable bonds is 7. The van der Waals surface area contributed by atoms with Crippen LogP contribution in [0.2, 0.25) is 5.02 Å².